The molecule has 3 nitrogen and oxygen atoms in total. The Hall–Kier alpha value is -0.230. The van der Waals surface area contributed by atoms with Gasteiger partial charge in [-0.1, -0.05) is 6.07 Å². The Morgan fingerprint density at radius 3 is 1.88 bits per heavy atom. The van der Waals surface area contributed by atoms with Gasteiger partial charge in [0.1, 0.15) is 0 Å². The molecular weight excluding hydrogens is 242 g/mol. The fourth-order valence-electron chi connectivity index (χ4n) is 1.17. The molecule has 0 unspecified atom stereocenters. The third-order valence-corrected chi connectivity index (χ3v) is 3.78. The van der Waals surface area contributed by atoms with E-state index < -0.39 is 0 Å². The highest BCUT2D eigenvalue weighted by Gasteiger charge is 1.98. The predicted octanol–water partition coefficient (Wildman–Crippen LogP) is 1.53. The summed E-state index contributed by atoms with van der Waals surface area (Å²) in [6.45, 7) is 0.438. The molecule has 0 spiro atoms. The van der Waals surface area contributed by atoms with Crippen molar-refractivity contribution in [2.75, 3.05) is 24.7 Å². The van der Waals surface area contributed by atoms with E-state index >= 15 is 0 Å². The van der Waals surface area contributed by atoms with Gasteiger partial charge in [-0.2, -0.15) is 23.5 Å². The van der Waals surface area contributed by atoms with Crippen molar-refractivity contribution in [1.82, 2.24) is 4.98 Å². The molecule has 5 heteroatoms. The van der Waals surface area contributed by atoms with E-state index in [9.17, 15) is 0 Å². The molecular formula is C11H17NO2S2. The van der Waals surface area contributed by atoms with Crippen LogP contribution in [-0.4, -0.2) is 39.9 Å². The average Bonchev–Trinajstić information content (AvgIpc) is 2.30. The molecule has 0 radical (unpaired) electrons. The minimum atomic E-state index is 0.219. The summed E-state index contributed by atoms with van der Waals surface area (Å²) in [5.74, 6) is 3.20. The van der Waals surface area contributed by atoms with Crippen molar-refractivity contribution in [3.63, 3.8) is 0 Å². The van der Waals surface area contributed by atoms with Gasteiger partial charge in [-0.25, -0.2) is 0 Å². The Bertz CT molecular complexity index is 272. The van der Waals surface area contributed by atoms with Gasteiger partial charge in [0, 0.05) is 23.0 Å². The monoisotopic (exact) mass is 259 g/mol. The van der Waals surface area contributed by atoms with E-state index in [2.05, 4.69) is 4.98 Å². The fraction of sp³-hybridized carbons (Fsp3) is 0.545. The van der Waals surface area contributed by atoms with E-state index in [4.69, 9.17) is 10.2 Å². The van der Waals surface area contributed by atoms with Crippen LogP contribution in [0.25, 0.3) is 0 Å². The molecule has 0 saturated heterocycles. The van der Waals surface area contributed by atoms with E-state index in [0.29, 0.717) is 0 Å². The molecule has 0 bridgehead atoms. The van der Waals surface area contributed by atoms with Gasteiger partial charge in [0.25, 0.3) is 0 Å². The first-order valence-corrected chi connectivity index (χ1v) is 7.49. The second kappa shape index (κ2) is 8.87. The largest absolute Gasteiger partial charge is 0.396 e. The lowest BCUT2D eigenvalue weighted by Crippen LogP contribution is -1.95. The normalized spacial score (nSPS) is 10.6. The zero-order valence-electron chi connectivity index (χ0n) is 9.13. The molecule has 0 aliphatic carbocycles. The standard InChI is InChI=1S/C11H17NO2S2/c13-4-6-15-8-10-2-1-3-11(12-10)9-16-7-5-14/h1-3,13-14H,4-9H2. The van der Waals surface area contributed by atoms with Gasteiger partial charge in [0.05, 0.1) is 24.6 Å². The summed E-state index contributed by atoms with van der Waals surface area (Å²) in [5.41, 5.74) is 2.11. The first kappa shape index (κ1) is 13.8. The van der Waals surface area contributed by atoms with Crippen molar-refractivity contribution in [3.05, 3.63) is 29.6 Å². The van der Waals surface area contributed by atoms with Crippen molar-refractivity contribution in [3.8, 4) is 0 Å². The Labute approximate surface area is 105 Å². The molecule has 1 rings (SSSR count). The molecule has 16 heavy (non-hydrogen) atoms. The average molecular weight is 259 g/mol. The number of pyridine rings is 1. The van der Waals surface area contributed by atoms with Crippen LogP contribution in [0.1, 0.15) is 11.4 Å². The lowest BCUT2D eigenvalue weighted by Gasteiger charge is -2.03. The minimum absolute atomic E-state index is 0.219. The molecule has 0 aliphatic rings. The van der Waals surface area contributed by atoms with Crippen LogP contribution in [-0.2, 0) is 11.5 Å². The van der Waals surface area contributed by atoms with Crippen LogP contribution < -0.4 is 0 Å². The molecule has 0 saturated carbocycles. The maximum atomic E-state index is 8.67. The summed E-state index contributed by atoms with van der Waals surface area (Å²) in [4.78, 5) is 4.51. The number of rotatable bonds is 8. The third kappa shape index (κ3) is 5.75. The summed E-state index contributed by atoms with van der Waals surface area (Å²) in [6, 6.07) is 6.02. The number of aromatic nitrogens is 1. The van der Waals surface area contributed by atoms with Gasteiger partial charge >= 0.3 is 0 Å². The second-order valence-electron chi connectivity index (χ2n) is 3.17. The molecule has 0 fully saturated rings. The number of thioether (sulfide) groups is 2. The van der Waals surface area contributed by atoms with Crippen LogP contribution in [0.2, 0.25) is 0 Å². The molecule has 0 aromatic carbocycles. The maximum absolute atomic E-state index is 8.67. The quantitative estimate of drug-likeness (QED) is 0.694. The highest BCUT2D eigenvalue weighted by Crippen LogP contribution is 2.13. The van der Waals surface area contributed by atoms with E-state index in [1.807, 2.05) is 18.2 Å². The fourth-order valence-corrected chi connectivity index (χ4v) is 2.46. The summed E-state index contributed by atoms with van der Waals surface area (Å²) in [5, 5.41) is 17.3. The van der Waals surface area contributed by atoms with Gasteiger partial charge in [0.15, 0.2) is 0 Å². The van der Waals surface area contributed by atoms with Gasteiger partial charge in [-0.3, -0.25) is 4.98 Å². The van der Waals surface area contributed by atoms with E-state index in [0.717, 1.165) is 34.4 Å². The van der Waals surface area contributed by atoms with E-state index in [1.165, 1.54) is 0 Å². The van der Waals surface area contributed by atoms with Crippen molar-refractivity contribution in [1.29, 1.82) is 0 Å². The molecule has 0 atom stereocenters. The Morgan fingerprint density at radius 1 is 0.938 bits per heavy atom. The summed E-state index contributed by atoms with van der Waals surface area (Å²) in [6.07, 6.45) is 0. The van der Waals surface area contributed by atoms with Crippen LogP contribution in [0.5, 0.6) is 0 Å². The molecule has 2 N–H and O–H groups in total. The number of aliphatic hydroxyl groups excluding tert-OH is 2. The van der Waals surface area contributed by atoms with Gasteiger partial charge in [-0.15, -0.1) is 0 Å². The summed E-state index contributed by atoms with van der Waals surface area (Å²) in [7, 11) is 0. The first-order valence-electron chi connectivity index (χ1n) is 5.19. The van der Waals surface area contributed by atoms with Crippen LogP contribution in [0.3, 0.4) is 0 Å². The molecule has 0 amide bonds. The zero-order chi connectivity index (χ0) is 11.6. The number of nitrogens with zero attached hydrogens (tertiary/aromatic N) is 1. The topological polar surface area (TPSA) is 53.4 Å². The first-order chi connectivity index (χ1) is 7.86. The zero-order valence-corrected chi connectivity index (χ0v) is 10.8. The van der Waals surface area contributed by atoms with Crippen molar-refractivity contribution < 1.29 is 10.2 Å². The van der Waals surface area contributed by atoms with E-state index in [-0.39, 0.29) is 13.2 Å². The van der Waals surface area contributed by atoms with Crippen LogP contribution in [0.4, 0.5) is 0 Å². The SMILES string of the molecule is OCCSCc1cccc(CSCCO)n1. The van der Waals surface area contributed by atoms with Gasteiger partial charge in [0.2, 0.25) is 0 Å². The minimum Gasteiger partial charge on any atom is -0.396 e. The lowest BCUT2D eigenvalue weighted by atomic mass is 10.3. The van der Waals surface area contributed by atoms with Crippen LogP contribution in [0.15, 0.2) is 18.2 Å². The number of hydrogen-bond donors (Lipinski definition) is 2. The highest BCUT2D eigenvalue weighted by molar-refractivity contribution is 7.98. The molecule has 1 heterocycles. The molecule has 1 aromatic rings. The maximum Gasteiger partial charge on any atom is 0.0521 e. The Morgan fingerprint density at radius 2 is 1.44 bits per heavy atom. The smallest absolute Gasteiger partial charge is 0.0521 e. The van der Waals surface area contributed by atoms with Gasteiger partial charge < -0.3 is 10.2 Å². The Kier molecular flexibility index (Phi) is 7.67. The number of hydrogen-bond acceptors (Lipinski definition) is 5. The van der Waals surface area contributed by atoms with Crippen molar-refractivity contribution in [2.45, 2.75) is 11.5 Å². The molecule has 1 aromatic heterocycles. The van der Waals surface area contributed by atoms with Crippen LogP contribution in [0, 0.1) is 0 Å². The van der Waals surface area contributed by atoms with E-state index in [1.54, 1.807) is 23.5 Å². The summed E-state index contributed by atoms with van der Waals surface area (Å²) >= 11 is 3.37. The molecule has 90 valence electrons. The highest BCUT2D eigenvalue weighted by atomic mass is 32.2. The second-order valence-corrected chi connectivity index (χ2v) is 5.38. The van der Waals surface area contributed by atoms with Crippen LogP contribution >= 0.6 is 23.5 Å². The predicted molar refractivity (Wildman–Crippen MR) is 70.7 cm³/mol. The molecule has 0 aliphatic heterocycles. The summed E-state index contributed by atoms with van der Waals surface area (Å²) < 4.78 is 0. The number of aliphatic hydroxyl groups is 2. The third-order valence-electron chi connectivity index (χ3n) is 1.84. The van der Waals surface area contributed by atoms with Gasteiger partial charge in [-0.05, 0) is 12.1 Å². The lowest BCUT2D eigenvalue weighted by molar-refractivity contribution is 0.322. The van der Waals surface area contributed by atoms with Crippen molar-refractivity contribution >= 4 is 23.5 Å². The Balaban J connectivity index is 2.37. The van der Waals surface area contributed by atoms with Crippen molar-refractivity contribution in [2.24, 2.45) is 0 Å².